The van der Waals surface area contributed by atoms with Crippen LogP contribution in [0.5, 0.6) is 0 Å². The zero-order valence-electron chi connectivity index (χ0n) is 68.0. The number of allylic oxidation sites excluding steroid dienone is 16. The van der Waals surface area contributed by atoms with Gasteiger partial charge in [0.1, 0.15) is 73.2 Å². The van der Waals surface area contributed by atoms with Crippen molar-refractivity contribution in [1.29, 1.82) is 0 Å². The Balaban J connectivity index is 1.35. The summed E-state index contributed by atoms with van der Waals surface area (Å²) in [6, 6.07) is -0.905. The van der Waals surface area contributed by atoms with Gasteiger partial charge in [0, 0.05) is 6.42 Å². The Kier molecular flexibility index (Phi) is 63.3. The number of unbranched alkanes of at least 4 members (excludes halogenated alkanes) is 38. The summed E-state index contributed by atoms with van der Waals surface area (Å²) in [6.07, 6.45) is 67.9. The summed E-state index contributed by atoms with van der Waals surface area (Å²) in [5, 5.41) is 121. The van der Waals surface area contributed by atoms with Gasteiger partial charge in [0.05, 0.1) is 38.6 Å². The molecule has 12 N–H and O–H groups in total. The third-order valence-electron chi connectivity index (χ3n) is 21.4. The van der Waals surface area contributed by atoms with Crippen LogP contribution in [0.3, 0.4) is 0 Å². The van der Waals surface area contributed by atoms with Crippen molar-refractivity contribution in [3.05, 3.63) is 97.2 Å². The molecule has 3 fully saturated rings. The van der Waals surface area contributed by atoms with E-state index in [0.29, 0.717) is 12.8 Å². The predicted molar refractivity (Wildman–Crippen MR) is 438 cm³/mol. The minimum atomic E-state index is -1.98. The Bertz CT molecular complexity index is 2340. The van der Waals surface area contributed by atoms with E-state index in [0.717, 1.165) is 116 Å². The largest absolute Gasteiger partial charge is 0.394 e. The first-order valence-electron chi connectivity index (χ1n) is 44.0. The lowest BCUT2D eigenvalue weighted by Gasteiger charge is -2.48. The molecule has 17 atom stereocenters. The molecule has 0 aromatic carbocycles. The lowest BCUT2D eigenvalue weighted by molar-refractivity contribution is -0.379. The second-order valence-corrected chi connectivity index (χ2v) is 31.0. The maximum absolute atomic E-state index is 13.5. The predicted octanol–water partition coefficient (Wildman–Crippen LogP) is 16.3. The van der Waals surface area contributed by atoms with E-state index in [1.54, 1.807) is 0 Å². The maximum Gasteiger partial charge on any atom is 0.220 e. The van der Waals surface area contributed by atoms with Gasteiger partial charge >= 0.3 is 0 Å². The van der Waals surface area contributed by atoms with Crippen LogP contribution < -0.4 is 5.32 Å². The standard InChI is InChI=1S/C90H159NO18/c1-3-5-7-9-11-13-15-17-19-21-23-25-27-29-31-33-35-36-38-39-41-43-45-47-49-51-53-55-57-59-61-63-65-67-74(95)73(91-78(96)68-66-64-62-60-58-56-54-52-50-48-46-44-42-40-37-34-32-30-28-26-24-22-20-18-16-14-12-10-8-6-4-2)72-104-88-84(102)81(99)86(76(70-93)106-88)109-90-85(103)82(100)87(77(71-94)107-90)108-89-83(101)80(98)79(97)75(69-92)105-89/h6,8,12,14,18,20,24,26,30,32,37,40,44,46,50,52,73-77,79-90,92-95,97-103H,3-5,7,9-11,13,15-17,19,21-23,25,27-29,31,33-36,38-39,41-43,45,47-49,51,53-72H2,1-2H3,(H,91,96)/b8-6-,14-12-,20-18-,26-24-,32-30-,40-37-,46-44-,52-50-. The van der Waals surface area contributed by atoms with Gasteiger partial charge in [0.25, 0.3) is 0 Å². The highest BCUT2D eigenvalue weighted by Crippen LogP contribution is 2.33. The number of ether oxygens (including phenoxy) is 6. The number of amides is 1. The lowest BCUT2D eigenvalue weighted by atomic mass is 9.96. The van der Waals surface area contributed by atoms with Crippen molar-refractivity contribution in [1.82, 2.24) is 5.32 Å². The van der Waals surface area contributed by atoms with Crippen LogP contribution >= 0.6 is 0 Å². The van der Waals surface area contributed by atoms with Gasteiger partial charge in [-0.15, -0.1) is 0 Å². The number of aliphatic hydroxyl groups is 11. The van der Waals surface area contributed by atoms with Gasteiger partial charge in [0.2, 0.25) is 5.91 Å². The van der Waals surface area contributed by atoms with E-state index in [1.807, 2.05) is 0 Å². The highest BCUT2D eigenvalue weighted by atomic mass is 16.8. The van der Waals surface area contributed by atoms with Crippen LogP contribution in [0.2, 0.25) is 0 Å². The molecule has 3 rings (SSSR count). The molecule has 3 aliphatic rings. The van der Waals surface area contributed by atoms with Crippen molar-refractivity contribution in [2.75, 3.05) is 26.4 Å². The lowest BCUT2D eigenvalue weighted by Crippen LogP contribution is -2.66. The van der Waals surface area contributed by atoms with E-state index < -0.39 is 124 Å². The van der Waals surface area contributed by atoms with Crippen LogP contribution in [0, 0.1) is 0 Å². The van der Waals surface area contributed by atoms with Gasteiger partial charge in [-0.05, 0) is 77.0 Å². The summed E-state index contributed by atoms with van der Waals surface area (Å²) in [4.78, 5) is 13.5. The van der Waals surface area contributed by atoms with Crippen molar-refractivity contribution in [2.24, 2.45) is 0 Å². The van der Waals surface area contributed by atoms with Gasteiger partial charge in [0.15, 0.2) is 18.9 Å². The van der Waals surface area contributed by atoms with E-state index in [2.05, 4.69) is 116 Å². The van der Waals surface area contributed by atoms with Crippen molar-refractivity contribution in [3.8, 4) is 0 Å². The van der Waals surface area contributed by atoms with Crippen LogP contribution in [0.25, 0.3) is 0 Å². The molecule has 1 amide bonds. The van der Waals surface area contributed by atoms with Crippen LogP contribution in [0.1, 0.15) is 335 Å². The smallest absolute Gasteiger partial charge is 0.220 e. The monoisotopic (exact) mass is 1540 g/mol. The summed E-state index contributed by atoms with van der Waals surface area (Å²) in [5.74, 6) is -0.257. The van der Waals surface area contributed by atoms with Crippen LogP contribution in [0.4, 0.5) is 0 Å². The minimum absolute atomic E-state index is 0.244. The fourth-order valence-electron chi connectivity index (χ4n) is 14.5. The SMILES string of the molecule is CC/C=C\C/C=C\C/C=C\C/C=C\C/C=C\C/C=C\C/C=C\C/C=C\CCCCCCCCC(=O)NC(COC1OC(CO)C(OC2OC(CO)C(OC3OC(CO)C(O)C(O)C3O)C(O)C2O)C(O)C1O)C(O)CCCCCCCCCCCCCCCCCCCCCCCCCCCCCCCCCCC. The molecule has 3 heterocycles. The number of hydrogen-bond acceptors (Lipinski definition) is 18. The molecule has 19 nitrogen and oxygen atoms in total. The highest BCUT2D eigenvalue weighted by molar-refractivity contribution is 5.76. The van der Waals surface area contributed by atoms with Gasteiger partial charge < -0.3 is 89.9 Å². The van der Waals surface area contributed by atoms with Crippen LogP contribution in [-0.2, 0) is 33.2 Å². The molecular formula is C90H159NO18. The topological polar surface area (TPSA) is 307 Å². The molecule has 19 heteroatoms. The summed E-state index contributed by atoms with van der Waals surface area (Å²) < 4.78 is 34.6. The third kappa shape index (κ3) is 48.0. The molecule has 0 bridgehead atoms. The Hall–Kier alpha value is -3.29. The summed E-state index contributed by atoms with van der Waals surface area (Å²) in [5.41, 5.74) is 0. The number of rotatable bonds is 70. The number of aliphatic hydroxyl groups excluding tert-OH is 11. The van der Waals surface area contributed by atoms with Crippen molar-refractivity contribution < 1.29 is 89.4 Å². The summed E-state index contributed by atoms with van der Waals surface area (Å²) in [7, 11) is 0. The average molecular weight is 1540 g/mol. The fraction of sp³-hybridized carbons (Fsp3) is 0.811. The molecular weight excluding hydrogens is 1380 g/mol. The van der Waals surface area contributed by atoms with Crippen molar-refractivity contribution >= 4 is 5.91 Å². The Labute approximate surface area is 660 Å². The number of hydrogen-bond donors (Lipinski definition) is 12. The van der Waals surface area contributed by atoms with E-state index >= 15 is 0 Å². The normalized spacial score (nSPS) is 25.8. The molecule has 3 saturated heterocycles. The van der Waals surface area contributed by atoms with Crippen molar-refractivity contribution in [3.63, 3.8) is 0 Å². The molecule has 632 valence electrons. The summed E-state index contributed by atoms with van der Waals surface area (Å²) in [6.45, 7) is 1.71. The Morgan fingerprint density at radius 2 is 0.633 bits per heavy atom. The average Bonchev–Trinajstić information content (AvgIpc) is 0.782. The van der Waals surface area contributed by atoms with Crippen molar-refractivity contribution in [2.45, 2.75) is 439 Å². The van der Waals surface area contributed by atoms with E-state index in [1.165, 1.54) is 186 Å². The minimum Gasteiger partial charge on any atom is -0.394 e. The first kappa shape index (κ1) is 99.9. The first-order chi connectivity index (χ1) is 53.3. The second-order valence-electron chi connectivity index (χ2n) is 31.0. The van der Waals surface area contributed by atoms with E-state index in [9.17, 15) is 61.0 Å². The Morgan fingerprint density at radius 3 is 0.991 bits per heavy atom. The van der Waals surface area contributed by atoms with Gasteiger partial charge in [-0.3, -0.25) is 4.79 Å². The van der Waals surface area contributed by atoms with E-state index in [-0.39, 0.29) is 18.9 Å². The zero-order valence-corrected chi connectivity index (χ0v) is 68.0. The second kappa shape index (κ2) is 69.1. The molecule has 109 heavy (non-hydrogen) atoms. The molecule has 17 unspecified atom stereocenters. The molecule has 0 spiro atoms. The van der Waals surface area contributed by atoms with E-state index in [4.69, 9.17) is 28.4 Å². The number of carbonyl (C=O) groups is 1. The number of carbonyl (C=O) groups excluding carboxylic acids is 1. The van der Waals surface area contributed by atoms with Crippen LogP contribution in [-0.4, -0.2) is 193 Å². The molecule has 0 aliphatic carbocycles. The first-order valence-corrected chi connectivity index (χ1v) is 44.0. The van der Waals surface area contributed by atoms with Gasteiger partial charge in [-0.2, -0.15) is 0 Å². The fourth-order valence-corrected chi connectivity index (χ4v) is 14.5. The molecule has 0 saturated carbocycles. The van der Waals surface area contributed by atoms with Crippen LogP contribution in [0.15, 0.2) is 97.2 Å². The molecule has 0 aromatic heterocycles. The molecule has 0 radical (unpaired) electrons. The highest BCUT2D eigenvalue weighted by Gasteiger charge is 2.54. The van der Waals surface area contributed by atoms with Gasteiger partial charge in [-0.25, -0.2) is 0 Å². The zero-order chi connectivity index (χ0) is 78.8. The quantitative estimate of drug-likeness (QED) is 0.0199. The number of nitrogens with one attached hydrogen (secondary N) is 1. The summed E-state index contributed by atoms with van der Waals surface area (Å²) >= 11 is 0. The molecule has 0 aromatic rings. The molecule has 3 aliphatic heterocycles. The van der Waals surface area contributed by atoms with Gasteiger partial charge in [-0.1, -0.05) is 349 Å². The third-order valence-corrected chi connectivity index (χ3v) is 21.4. The Morgan fingerprint density at radius 1 is 0.339 bits per heavy atom. The maximum atomic E-state index is 13.5.